The third-order valence-electron chi connectivity index (χ3n) is 10.6. The Kier molecular flexibility index (Phi) is 6.17. The molecule has 4 fully saturated rings. The Morgan fingerprint density at radius 2 is 1.52 bits per heavy atom. The zero-order chi connectivity index (χ0) is 21.0. The molecule has 0 saturated heterocycles. The summed E-state index contributed by atoms with van der Waals surface area (Å²) in [5, 5.41) is 32.1. The molecule has 3 heteroatoms. The molecule has 0 amide bonds. The van der Waals surface area contributed by atoms with Gasteiger partial charge in [0.2, 0.25) is 0 Å². The van der Waals surface area contributed by atoms with Gasteiger partial charge in [0.15, 0.2) is 0 Å². The molecular formula is C26H46O3. The van der Waals surface area contributed by atoms with Crippen molar-refractivity contribution in [2.45, 2.75) is 117 Å². The second-order valence-electron chi connectivity index (χ2n) is 12.3. The van der Waals surface area contributed by atoms with Gasteiger partial charge in [0.05, 0.1) is 18.3 Å². The molecule has 0 aromatic rings. The number of fused-ring (bicyclic) bond motifs is 5. The Hall–Kier alpha value is -0.120. The van der Waals surface area contributed by atoms with Gasteiger partial charge >= 0.3 is 0 Å². The van der Waals surface area contributed by atoms with E-state index in [0.29, 0.717) is 23.2 Å². The van der Waals surface area contributed by atoms with E-state index < -0.39 is 12.2 Å². The molecule has 168 valence electrons. The maximum Gasteiger partial charge on any atom is 0.0832 e. The lowest BCUT2D eigenvalue weighted by molar-refractivity contribution is -0.140. The summed E-state index contributed by atoms with van der Waals surface area (Å²) in [5.74, 6) is 3.84. The van der Waals surface area contributed by atoms with E-state index in [9.17, 15) is 15.3 Å². The van der Waals surface area contributed by atoms with E-state index in [-0.39, 0.29) is 17.4 Å². The van der Waals surface area contributed by atoms with Crippen LogP contribution in [0, 0.1) is 46.3 Å². The highest BCUT2D eigenvalue weighted by molar-refractivity contribution is 5.10. The van der Waals surface area contributed by atoms with Crippen LogP contribution in [0.1, 0.15) is 98.3 Å². The van der Waals surface area contributed by atoms with Crippen molar-refractivity contribution in [3.63, 3.8) is 0 Å². The van der Waals surface area contributed by atoms with Gasteiger partial charge in [-0.3, -0.25) is 0 Å². The smallest absolute Gasteiger partial charge is 0.0832 e. The molecular weight excluding hydrogens is 360 g/mol. The molecule has 4 rings (SSSR count). The predicted octanol–water partition coefficient (Wildman–Crippen LogP) is 5.16. The molecule has 0 heterocycles. The van der Waals surface area contributed by atoms with Crippen LogP contribution in [-0.2, 0) is 0 Å². The molecule has 0 radical (unpaired) electrons. The lowest BCUT2D eigenvalue weighted by Gasteiger charge is -2.61. The number of aliphatic hydroxyl groups excluding tert-OH is 3. The number of aliphatic hydroxyl groups is 3. The fraction of sp³-hybridized carbons (Fsp3) is 1.00. The molecule has 3 nitrogen and oxygen atoms in total. The van der Waals surface area contributed by atoms with Gasteiger partial charge in [0.25, 0.3) is 0 Å². The lowest BCUT2D eigenvalue weighted by atomic mass is 9.44. The van der Waals surface area contributed by atoms with Gasteiger partial charge in [0.1, 0.15) is 0 Å². The largest absolute Gasteiger partial charge is 0.393 e. The summed E-state index contributed by atoms with van der Waals surface area (Å²) in [6.07, 6.45) is 11.1. The zero-order valence-corrected chi connectivity index (χ0v) is 19.3. The summed E-state index contributed by atoms with van der Waals surface area (Å²) in [7, 11) is 0. The second kappa shape index (κ2) is 8.10. The van der Waals surface area contributed by atoms with Crippen molar-refractivity contribution in [2.75, 3.05) is 0 Å². The quantitative estimate of drug-likeness (QED) is 0.591. The molecule has 10 atom stereocenters. The van der Waals surface area contributed by atoms with Gasteiger partial charge in [0, 0.05) is 0 Å². The van der Waals surface area contributed by atoms with Crippen LogP contribution in [0.5, 0.6) is 0 Å². The molecule has 29 heavy (non-hydrogen) atoms. The summed E-state index contributed by atoms with van der Waals surface area (Å²) in [5.41, 5.74) is 0.605. The molecule has 4 aliphatic rings. The Balaban J connectivity index is 1.48. The van der Waals surface area contributed by atoms with Gasteiger partial charge in [-0.15, -0.1) is 0 Å². The first-order valence-corrected chi connectivity index (χ1v) is 12.7. The van der Waals surface area contributed by atoms with Crippen molar-refractivity contribution in [2.24, 2.45) is 46.3 Å². The lowest BCUT2D eigenvalue weighted by Crippen LogP contribution is -2.55. The summed E-state index contributed by atoms with van der Waals surface area (Å²) in [6.45, 7) is 9.37. The van der Waals surface area contributed by atoms with Gasteiger partial charge < -0.3 is 15.3 Å². The first-order chi connectivity index (χ1) is 13.7. The zero-order valence-electron chi connectivity index (χ0n) is 19.3. The molecule has 0 aliphatic heterocycles. The maximum atomic E-state index is 11.1. The molecule has 4 saturated carbocycles. The Morgan fingerprint density at radius 1 is 0.828 bits per heavy atom. The van der Waals surface area contributed by atoms with Crippen LogP contribution in [0.15, 0.2) is 0 Å². The average molecular weight is 407 g/mol. The van der Waals surface area contributed by atoms with Crippen LogP contribution in [-0.4, -0.2) is 33.6 Å². The minimum absolute atomic E-state index is 0.0724. The summed E-state index contributed by atoms with van der Waals surface area (Å²) >= 11 is 0. The number of hydrogen-bond acceptors (Lipinski definition) is 3. The maximum absolute atomic E-state index is 11.1. The highest BCUT2D eigenvalue weighted by Crippen LogP contribution is 2.67. The van der Waals surface area contributed by atoms with Crippen LogP contribution in [0.2, 0.25) is 0 Å². The predicted molar refractivity (Wildman–Crippen MR) is 117 cm³/mol. The normalized spacial score (nSPS) is 49.2. The third kappa shape index (κ3) is 3.72. The van der Waals surface area contributed by atoms with Crippen molar-refractivity contribution in [1.29, 1.82) is 0 Å². The third-order valence-corrected chi connectivity index (χ3v) is 10.6. The van der Waals surface area contributed by atoms with Crippen LogP contribution < -0.4 is 0 Å². The minimum Gasteiger partial charge on any atom is -0.393 e. The van der Waals surface area contributed by atoms with E-state index in [1.165, 1.54) is 38.5 Å². The molecule has 3 N–H and O–H groups in total. The highest BCUT2D eigenvalue weighted by Gasteiger charge is 2.61. The van der Waals surface area contributed by atoms with Gasteiger partial charge in [-0.05, 0) is 117 Å². The van der Waals surface area contributed by atoms with Crippen molar-refractivity contribution < 1.29 is 15.3 Å². The minimum atomic E-state index is -0.566. The number of rotatable bonds is 5. The van der Waals surface area contributed by atoms with E-state index in [1.54, 1.807) is 0 Å². The average Bonchev–Trinajstić information content (AvgIpc) is 3.03. The first-order valence-electron chi connectivity index (χ1n) is 12.7. The molecule has 0 unspecified atom stereocenters. The SMILES string of the molecule is CC(C)CC[C@@H](O)[C@@H](O)[C@H]1CC[C@H]2[C@@H]3CC[C@H]4C[C@@H](O)CC[C@]4(C)[C@H]3CC[C@]12C. The summed E-state index contributed by atoms with van der Waals surface area (Å²) in [6, 6.07) is 0. The molecule has 0 aromatic carbocycles. The molecule has 4 aliphatic carbocycles. The second-order valence-corrected chi connectivity index (χ2v) is 12.3. The van der Waals surface area contributed by atoms with E-state index in [0.717, 1.165) is 43.9 Å². The van der Waals surface area contributed by atoms with Gasteiger partial charge in [-0.1, -0.05) is 27.7 Å². The standard InChI is InChI=1S/C26H46O3/c1-16(2)5-10-23(28)24(29)22-9-8-20-19-7-6-17-15-18(27)11-13-25(17,3)21(19)12-14-26(20,22)4/h16-24,27-29H,5-15H2,1-4H3/t17-,18-,19-,20-,21-,22+,23+,24-,25-,26-/m0/s1. The Labute approximate surface area is 178 Å². The Morgan fingerprint density at radius 3 is 2.24 bits per heavy atom. The van der Waals surface area contributed by atoms with Crippen molar-refractivity contribution in [3.05, 3.63) is 0 Å². The van der Waals surface area contributed by atoms with Crippen LogP contribution in [0.3, 0.4) is 0 Å². The van der Waals surface area contributed by atoms with Crippen molar-refractivity contribution >= 4 is 0 Å². The van der Waals surface area contributed by atoms with E-state index in [1.807, 2.05) is 0 Å². The van der Waals surface area contributed by atoms with Gasteiger partial charge in [-0.2, -0.15) is 0 Å². The van der Waals surface area contributed by atoms with Crippen molar-refractivity contribution in [1.82, 2.24) is 0 Å². The van der Waals surface area contributed by atoms with Crippen molar-refractivity contribution in [3.8, 4) is 0 Å². The topological polar surface area (TPSA) is 60.7 Å². The van der Waals surface area contributed by atoms with Crippen LogP contribution in [0.25, 0.3) is 0 Å². The summed E-state index contributed by atoms with van der Waals surface area (Å²) in [4.78, 5) is 0. The van der Waals surface area contributed by atoms with Crippen LogP contribution >= 0.6 is 0 Å². The fourth-order valence-electron chi connectivity index (χ4n) is 8.78. The molecule has 0 spiro atoms. The summed E-state index contributed by atoms with van der Waals surface area (Å²) < 4.78 is 0. The molecule has 0 aromatic heterocycles. The Bertz CT molecular complexity index is 576. The van der Waals surface area contributed by atoms with Gasteiger partial charge in [-0.25, -0.2) is 0 Å². The van der Waals surface area contributed by atoms with Crippen LogP contribution in [0.4, 0.5) is 0 Å². The van der Waals surface area contributed by atoms with E-state index >= 15 is 0 Å². The molecule has 0 bridgehead atoms. The fourth-order valence-corrected chi connectivity index (χ4v) is 8.78. The van der Waals surface area contributed by atoms with E-state index in [4.69, 9.17) is 0 Å². The highest BCUT2D eigenvalue weighted by atomic mass is 16.3. The van der Waals surface area contributed by atoms with E-state index in [2.05, 4.69) is 27.7 Å². The monoisotopic (exact) mass is 406 g/mol. The first kappa shape index (κ1) is 22.1. The number of hydrogen-bond donors (Lipinski definition) is 3.